The third-order valence-corrected chi connectivity index (χ3v) is 9.93. The number of rotatable bonds is 4. The number of nitrogens with zero attached hydrogens (tertiary/aromatic N) is 2. The van der Waals surface area contributed by atoms with Crippen molar-refractivity contribution >= 4 is 21.6 Å². The molecule has 2 aliphatic carbocycles. The minimum atomic E-state index is -3.59. The van der Waals surface area contributed by atoms with Crippen molar-refractivity contribution in [2.75, 3.05) is 25.0 Å². The topological polar surface area (TPSA) is 57.7 Å². The smallest absolute Gasteiger partial charge is 0.243 e. The van der Waals surface area contributed by atoms with Crippen LogP contribution in [0.4, 0.5) is 5.69 Å². The first-order valence-corrected chi connectivity index (χ1v) is 13.1. The first kappa shape index (κ1) is 22.4. The summed E-state index contributed by atoms with van der Waals surface area (Å²) < 4.78 is 28.5. The number of benzene rings is 2. The maximum absolute atomic E-state index is 13.7. The number of carbonyl (C=O) groups is 1. The molecule has 0 bridgehead atoms. The molecule has 1 spiro atoms. The molecule has 1 saturated heterocycles. The zero-order valence-corrected chi connectivity index (χ0v) is 20.7. The van der Waals surface area contributed by atoms with Gasteiger partial charge in [0.05, 0.1) is 10.8 Å². The molecule has 1 aliphatic heterocycles. The lowest BCUT2D eigenvalue weighted by Crippen LogP contribution is -2.44. The maximum atomic E-state index is 13.7. The van der Waals surface area contributed by atoms with Gasteiger partial charge in [-0.25, -0.2) is 8.42 Å². The second kappa shape index (κ2) is 7.54. The Balaban J connectivity index is 1.50. The number of para-hydroxylation sites is 1. The van der Waals surface area contributed by atoms with E-state index in [0.29, 0.717) is 18.0 Å². The molecule has 6 heteroatoms. The lowest BCUT2D eigenvalue weighted by Gasteiger charge is -2.43. The monoisotopic (exact) mass is 464 g/mol. The molecule has 0 unspecified atom stereocenters. The van der Waals surface area contributed by atoms with Crippen molar-refractivity contribution in [1.29, 1.82) is 0 Å². The summed E-state index contributed by atoms with van der Waals surface area (Å²) in [5.41, 5.74) is 3.87. The standard InChI is InChI=1S/C27H32N2O3S/c1-19-10-12-22(13-11-19)33(31,32)29-16-23-20(2)24(27(14-15-27)17-26(23,3)18-29)25(30)28(4)21-8-6-5-7-9-21/h5-13,24H,14-18H2,1-4H3/t24-,26-/m1/s1. The molecule has 1 saturated carbocycles. The van der Waals surface area contributed by atoms with Gasteiger partial charge >= 0.3 is 0 Å². The van der Waals surface area contributed by atoms with E-state index in [1.54, 1.807) is 21.3 Å². The van der Waals surface area contributed by atoms with Crippen molar-refractivity contribution in [1.82, 2.24) is 4.31 Å². The van der Waals surface area contributed by atoms with Crippen LogP contribution in [0, 0.1) is 23.7 Å². The van der Waals surface area contributed by atoms with E-state index in [4.69, 9.17) is 0 Å². The van der Waals surface area contributed by atoms with Gasteiger partial charge in [-0.2, -0.15) is 4.31 Å². The Labute approximate surface area is 197 Å². The highest BCUT2D eigenvalue weighted by molar-refractivity contribution is 7.89. The number of aryl methyl sites for hydroxylation is 1. The molecule has 2 aromatic rings. The van der Waals surface area contributed by atoms with E-state index in [1.807, 2.05) is 56.4 Å². The summed E-state index contributed by atoms with van der Waals surface area (Å²) in [6.07, 6.45) is 2.92. The minimum absolute atomic E-state index is 0.0495. The van der Waals surface area contributed by atoms with Gasteiger partial charge < -0.3 is 4.90 Å². The summed E-state index contributed by atoms with van der Waals surface area (Å²) in [5, 5.41) is 0. The van der Waals surface area contributed by atoms with E-state index < -0.39 is 10.0 Å². The molecule has 0 aromatic heterocycles. The Bertz CT molecular complexity index is 1230. The SMILES string of the molecule is CC1=C2CN(S(=O)(=O)c3ccc(C)cc3)C[C@@]2(C)CC2(CC2)[C@H]1C(=O)N(C)c1ccccc1. The Morgan fingerprint density at radius 3 is 2.27 bits per heavy atom. The summed E-state index contributed by atoms with van der Waals surface area (Å²) in [6.45, 7) is 7.06. The molecule has 5 nitrogen and oxygen atoms in total. The number of amides is 1. The van der Waals surface area contributed by atoms with E-state index >= 15 is 0 Å². The van der Waals surface area contributed by atoms with Crippen LogP contribution in [0.25, 0.3) is 0 Å². The van der Waals surface area contributed by atoms with Crippen molar-refractivity contribution < 1.29 is 13.2 Å². The Hall–Kier alpha value is -2.44. The summed E-state index contributed by atoms with van der Waals surface area (Å²) in [5.74, 6) is -0.0709. The van der Waals surface area contributed by atoms with Gasteiger partial charge in [-0.05, 0) is 68.4 Å². The minimum Gasteiger partial charge on any atom is -0.315 e. The zero-order valence-electron chi connectivity index (χ0n) is 19.8. The molecule has 1 amide bonds. The molecule has 1 heterocycles. The number of hydrogen-bond donors (Lipinski definition) is 0. The Morgan fingerprint density at radius 2 is 1.67 bits per heavy atom. The van der Waals surface area contributed by atoms with E-state index in [9.17, 15) is 13.2 Å². The van der Waals surface area contributed by atoms with Crippen LogP contribution in [-0.4, -0.2) is 38.8 Å². The maximum Gasteiger partial charge on any atom is 0.243 e. The normalized spacial score (nSPS) is 26.4. The number of sulfonamides is 1. The lowest BCUT2D eigenvalue weighted by atomic mass is 9.62. The van der Waals surface area contributed by atoms with Gasteiger partial charge in [0.15, 0.2) is 0 Å². The fraction of sp³-hybridized carbons (Fsp3) is 0.444. The van der Waals surface area contributed by atoms with Crippen molar-refractivity contribution in [2.24, 2.45) is 16.7 Å². The van der Waals surface area contributed by atoms with Gasteiger partial charge in [0, 0.05) is 31.2 Å². The average molecular weight is 465 g/mol. The van der Waals surface area contributed by atoms with Gasteiger partial charge in [-0.15, -0.1) is 0 Å². The Morgan fingerprint density at radius 1 is 1.03 bits per heavy atom. The predicted octanol–water partition coefficient (Wildman–Crippen LogP) is 4.79. The van der Waals surface area contributed by atoms with Crippen LogP contribution < -0.4 is 4.90 Å². The van der Waals surface area contributed by atoms with Crippen LogP contribution in [0.5, 0.6) is 0 Å². The molecular weight excluding hydrogens is 432 g/mol. The predicted molar refractivity (Wildman–Crippen MR) is 130 cm³/mol. The largest absolute Gasteiger partial charge is 0.315 e. The first-order valence-electron chi connectivity index (χ1n) is 11.7. The molecule has 3 aliphatic rings. The number of anilines is 1. The average Bonchev–Trinajstić information content (AvgIpc) is 3.44. The molecule has 5 rings (SSSR count). The lowest BCUT2D eigenvalue weighted by molar-refractivity contribution is -0.123. The molecule has 2 fully saturated rings. The number of hydrogen-bond acceptors (Lipinski definition) is 3. The van der Waals surface area contributed by atoms with Gasteiger partial charge in [0.1, 0.15) is 0 Å². The third-order valence-electron chi connectivity index (χ3n) is 8.12. The van der Waals surface area contributed by atoms with Crippen LogP contribution in [0.15, 0.2) is 70.6 Å². The fourth-order valence-electron chi connectivity index (χ4n) is 6.26. The molecule has 33 heavy (non-hydrogen) atoms. The van der Waals surface area contributed by atoms with Crippen LogP contribution >= 0.6 is 0 Å². The van der Waals surface area contributed by atoms with Crippen molar-refractivity contribution in [3.8, 4) is 0 Å². The molecular formula is C27H32N2O3S. The van der Waals surface area contributed by atoms with Crippen molar-refractivity contribution in [3.05, 3.63) is 71.3 Å². The number of fused-ring (bicyclic) bond motifs is 1. The molecule has 2 atom stereocenters. The molecule has 174 valence electrons. The van der Waals surface area contributed by atoms with Crippen LogP contribution in [0.3, 0.4) is 0 Å². The summed E-state index contributed by atoms with van der Waals surface area (Å²) in [7, 11) is -1.74. The molecule has 2 aromatic carbocycles. The summed E-state index contributed by atoms with van der Waals surface area (Å²) >= 11 is 0. The Kier molecular flexibility index (Phi) is 5.11. The summed E-state index contributed by atoms with van der Waals surface area (Å²) in [4.78, 5) is 15.9. The summed E-state index contributed by atoms with van der Waals surface area (Å²) in [6, 6.07) is 16.8. The van der Waals surface area contributed by atoms with E-state index in [2.05, 4.69) is 13.8 Å². The van der Waals surface area contributed by atoms with Crippen LogP contribution in [-0.2, 0) is 14.8 Å². The van der Waals surface area contributed by atoms with Crippen LogP contribution in [0.2, 0.25) is 0 Å². The zero-order chi connectivity index (χ0) is 23.6. The second-order valence-electron chi connectivity index (χ2n) is 10.5. The van der Waals surface area contributed by atoms with Crippen LogP contribution in [0.1, 0.15) is 38.7 Å². The van der Waals surface area contributed by atoms with Crippen molar-refractivity contribution in [2.45, 2.75) is 44.9 Å². The van der Waals surface area contributed by atoms with E-state index in [1.165, 1.54) is 0 Å². The van der Waals surface area contributed by atoms with Gasteiger partial charge in [-0.3, -0.25) is 4.79 Å². The first-order chi connectivity index (χ1) is 15.6. The quantitative estimate of drug-likeness (QED) is 0.612. The van der Waals surface area contributed by atoms with Gasteiger partial charge in [0.2, 0.25) is 15.9 Å². The molecule has 0 radical (unpaired) electrons. The highest BCUT2D eigenvalue weighted by atomic mass is 32.2. The van der Waals surface area contributed by atoms with Crippen molar-refractivity contribution in [3.63, 3.8) is 0 Å². The number of carbonyl (C=O) groups excluding carboxylic acids is 1. The van der Waals surface area contributed by atoms with Gasteiger partial charge in [0.25, 0.3) is 0 Å². The highest BCUT2D eigenvalue weighted by Gasteiger charge is 2.62. The van der Waals surface area contributed by atoms with Gasteiger partial charge in [-0.1, -0.05) is 48.4 Å². The van der Waals surface area contributed by atoms with E-state index in [0.717, 1.165) is 41.7 Å². The second-order valence-corrected chi connectivity index (χ2v) is 12.5. The fourth-order valence-corrected chi connectivity index (χ4v) is 7.79. The highest BCUT2D eigenvalue weighted by Crippen LogP contribution is 2.67. The van der Waals surface area contributed by atoms with E-state index in [-0.39, 0.29) is 22.7 Å². The third kappa shape index (κ3) is 3.55. The molecule has 0 N–H and O–H groups in total.